The van der Waals surface area contributed by atoms with E-state index in [2.05, 4.69) is 26.0 Å². The van der Waals surface area contributed by atoms with Gasteiger partial charge in [-0.15, -0.1) is 22.7 Å². The molecule has 0 aliphatic heterocycles. The van der Waals surface area contributed by atoms with Gasteiger partial charge in [0.25, 0.3) is 0 Å². The van der Waals surface area contributed by atoms with Gasteiger partial charge in [-0.3, -0.25) is 0 Å². The summed E-state index contributed by atoms with van der Waals surface area (Å²) >= 11 is 6.36. The molecule has 0 aliphatic carbocycles. The second-order valence-corrected chi connectivity index (χ2v) is 9.67. The first-order chi connectivity index (χ1) is 9.94. The number of hydrogen-bond donors (Lipinski definition) is 2. The molecule has 0 unspecified atom stereocenters. The topological polar surface area (TPSA) is 58.2 Å². The van der Waals surface area contributed by atoms with Gasteiger partial charge >= 0.3 is 0 Å². The Labute approximate surface area is 141 Å². The van der Waals surface area contributed by atoms with E-state index in [0.717, 1.165) is 21.9 Å². The van der Waals surface area contributed by atoms with Crippen LogP contribution >= 0.6 is 38.6 Å². The maximum Gasteiger partial charge on any atom is 0.242 e. The van der Waals surface area contributed by atoms with E-state index < -0.39 is 10.0 Å². The normalized spacial score (nSPS) is 12.0. The van der Waals surface area contributed by atoms with Crippen molar-refractivity contribution in [1.82, 2.24) is 10.0 Å². The van der Waals surface area contributed by atoms with Crippen molar-refractivity contribution in [2.24, 2.45) is 0 Å². The average Bonchev–Trinajstić information content (AvgIpc) is 3.00. The molecular weight excluding hydrogens is 392 g/mol. The highest BCUT2D eigenvalue weighted by Crippen LogP contribution is 2.31. The molecule has 0 aromatic carbocycles. The minimum absolute atomic E-state index is 0.314. The van der Waals surface area contributed by atoms with E-state index in [9.17, 15) is 8.42 Å². The maximum absolute atomic E-state index is 12.4. The fraction of sp³-hybridized carbons (Fsp3) is 0.385. The first kappa shape index (κ1) is 17.1. The number of nitrogens with one attached hydrogen (secondary N) is 2. The van der Waals surface area contributed by atoms with Crippen LogP contribution in [0.2, 0.25) is 0 Å². The van der Waals surface area contributed by atoms with Crippen LogP contribution in [0.5, 0.6) is 0 Å². The van der Waals surface area contributed by atoms with Crippen LogP contribution in [0.4, 0.5) is 0 Å². The van der Waals surface area contributed by atoms with Gasteiger partial charge in [0.1, 0.15) is 4.90 Å². The molecule has 8 heteroatoms. The van der Waals surface area contributed by atoms with Crippen molar-refractivity contribution in [1.29, 1.82) is 0 Å². The van der Waals surface area contributed by atoms with Crippen molar-refractivity contribution in [3.63, 3.8) is 0 Å². The quantitative estimate of drug-likeness (QED) is 0.736. The lowest BCUT2D eigenvalue weighted by Crippen LogP contribution is -2.23. The zero-order chi connectivity index (χ0) is 15.5. The van der Waals surface area contributed by atoms with Crippen molar-refractivity contribution in [3.05, 3.63) is 36.6 Å². The average molecular weight is 409 g/mol. The van der Waals surface area contributed by atoms with Gasteiger partial charge in [0, 0.05) is 22.8 Å². The van der Waals surface area contributed by atoms with Gasteiger partial charge in [0.2, 0.25) is 10.0 Å². The van der Waals surface area contributed by atoms with Crippen LogP contribution in [-0.4, -0.2) is 15.0 Å². The van der Waals surface area contributed by atoms with Crippen molar-refractivity contribution >= 4 is 48.6 Å². The number of halogens is 1. The van der Waals surface area contributed by atoms with Gasteiger partial charge in [0.15, 0.2) is 0 Å². The van der Waals surface area contributed by atoms with Crippen LogP contribution < -0.4 is 10.0 Å². The SMILES string of the molecule is CCNCc1cc(S(=O)(=O)NCc2sccc2C)c(Br)s1. The first-order valence-corrected chi connectivity index (χ1v) is 10.4. The first-order valence-electron chi connectivity index (χ1n) is 6.45. The minimum Gasteiger partial charge on any atom is -0.312 e. The summed E-state index contributed by atoms with van der Waals surface area (Å²) in [5.41, 5.74) is 1.11. The summed E-state index contributed by atoms with van der Waals surface area (Å²) in [7, 11) is -3.50. The fourth-order valence-corrected chi connectivity index (χ4v) is 6.32. The zero-order valence-electron chi connectivity index (χ0n) is 11.8. The van der Waals surface area contributed by atoms with Crippen LogP contribution in [0.3, 0.4) is 0 Å². The highest BCUT2D eigenvalue weighted by atomic mass is 79.9. The van der Waals surface area contributed by atoms with Crippen LogP contribution in [0.15, 0.2) is 26.2 Å². The lowest BCUT2D eigenvalue weighted by molar-refractivity contribution is 0.581. The molecular formula is C13H17BrN2O2S3. The predicted octanol–water partition coefficient (Wildman–Crippen LogP) is 3.47. The number of rotatable bonds is 7. The van der Waals surface area contributed by atoms with Gasteiger partial charge in [-0.05, 0) is 52.5 Å². The Morgan fingerprint density at radius 1 is 1.33 bits per heavy atom. The molecule has 2 N–H and O–H groups in total. The molecule has 0 spiro atoms. The molecule has 0 amide bonds. The molecule has 0 fully saturated rings. The Hall–Kier alpha value is -0.250. The molecule has 116 valence electrons. The number of thiophene rings is 2. The van der Waals surface area contributed by atoms with E-state index in [1.165, 1.54) is 11.3 Å². The Bertz CT molecular complexity index is 707. The smallest absolute Gasteiger partial charge is 0.242 e. The molecule has 2 heterocycles. The van der Waals surface area contributed by atoms with Crippen molar-refractivity contribution in [3.8, 4) is 0 Å². The second kappa shape index (κ2) is 7.34. The molecule has 21 heavy (non-hydrogen) atoms. The second-order valence-electron chi connectivity index (χ2n) is 4.48. The minimum atomic E-state index is -3.50. The lowest BCUT2D eigenvalue weighted by Gasteiger charge is -2.05. The zero-order valence-corrected chi connectivity index (χ0v) is 15.8. The van der Waals surface area contributed by atoms with Crippen LogP contribution in [-0.2, 0) is 23.1 Å². The molecule has 0 radical (unpaired) electrons. The summed E-state index contributed by atoms with van der Waals surface area (Å²) in [6.45, 7) is 5.86. The highest BCUT2D eigenvalue weighted by Gasteiger charge is 2.21. The van der Waals surface area contributed by atoms with Crippen LogP contribution in [0.1, 0.15) is 22.2 Å². The van der Waals surface area contributed by atoms with E-state index in [1.807, 2.05) is 25.3 Å². The molecule has 0 bridgehead atoms. The van der Waals surface area contributed by atoms with E-state index in [4.69, 9.17) is 0 Å². The highest BCUT2D eigenvalue weighted by molar-refractivity contribution is 9.11. The summed E-state index contributed by atoms with van der Waals surface area (Å²) in [5, 5.41) is 5.16. The maximum atomic E-state index is 12.4. The number of hydrogen-bond acceptors (Lipinski definition) is 5. The Morgan fingerprint density at radius 3 is 2.71 bits per heavy atom. The molecule has 0 atom stereocenters. The standard InChI is InChI=1S/C13H17BrN2O2S3/c1-3-15-7-10-6-12(13(14)20-10)21(17,18)16-8-11-9(2)4-5-19-11/h4-6,15-16H,3,7-8H2,1-2H3. The molecule has 2 aromatic heterocycles. The van der Waals surface area contributed by atoms with Gasteiger partial charge in [-0.25, -0.2) is 13.1 Å². The predicted molar refractivity (Wildman–Crippen MR) is 92.5 cm³/mol. The summed E-state index contributed by atoms with van der Waals surface area (Å²) in [6, 6.07) is 3.71. The van der Waals surface area contributed by atoms with Crippen LogP contribution in [0.25, 0.3) is 0 Å². The third-order valence-electron chi connectivity index (χ3n) is 2.94. The molecule has 4 nitrogen and oxygen atoms in total. The molecule has 0 saturated heterocycles. The Kier molecular flexibility index (Phi) is 5.98. The van der Waals surface area contributed by atoms with E-state index in [-0.39, 0.29) is 0 Å². The van der Waals surface area contributed by atoms with Crippen LogP contribution in [0, 0.1) is 6.92 Å². The van der Waals surface area contributed by atoms with Crippen molar-refractivity contribution in [2.45, 2.75) is 31.8 Å². The molecule has 0 saturated carbocycles. The molecule has 2 rings (SSSR count). The van der Waals surface area contributed by atoms with Gasteiger partial charge in [-0.1, -0.05) is 6.92 Å². The monoisotopic (exact) mass is 408 g/mol. The van der Waals surface area contributed by atoms with Gasteiger partial charge in [-0.2, -0.15) is 0 Å². The number of aryl methyl sites for hydroxylation is 1. The molecule has 0 aliphatic rings. The lowest BCUT2D eigenvalue weighted by atomic mass is 10.3. The number of sulfonamides is 1. The third kappa shape index (κ3) is 4.37. The van der Waals surface area contributed by atoms with Gasteiger partial charge in [0.05, 0.1) is 3.79 Å². The largest absolute Gasteiger partial charge is 0.312 e. The van der Waals surface area contributed by atoms with Crippen molar-refractivity contribution < 1.29 is 8.42 Å². The summed E-state index contributed by atoms with van der Waals surface area (Å²) in [6.07, 6.45) is 0. The third-order valence-corrected chi connectivity index (χ3v) is 7.61. The summed E-state index contributed by atoms with van der Waals surface area (Å²) < 4.78 is 28.1. The van der Waals surface area contributed by atoms with Gasteiger partial charge < -0.3 is 5.32 Å². The molecule has 2 aromatic rings. The van der Waals surface area contributed by atoms with Crippen molar-refractivity contribution in [2.75, 3.05) is 6.54 Å². The van der Waals surface area contributed by atoms with E-state index in [1.54, 1.807) is 17.4 Å². The fourth-order valence-electron chi connectivity index (χ4n) is 1.74. The van der Waals surface area contributed by atoms with E-state index in [0.29, 0.717) is 21.8 Å². The summed E-state index contributed by atoms with van der Waals surface area (Å²) in [5.74, 6) is 0. The van der Waals surface area contributed by atoms with E-state index >= 15 is 0 Å². The summed E-state index contributed by atoms with van der Waals surface area (Å²) in [4.78, 5) is 2.35. The Morgan fingerprint density at radius 2 is 2.10 bits per heavy atom. The Balaban J connectivity index is 2.12.